The maximum absolute atomic E-state index is 12.9. The van der Waals surface area contributed by atoms with Crippen molar-refractivity contribution in [1.82, 2.24) is 5.32 Å². The normalized spacial score (nSPS) is 25.2. The van der Waals surface area contributed by atoms with E-state index in [1.54, 1.807) is 4.90 Å². The molecule has 1 aliphatic heterocycles. The smallest absolute Gasteiger partial charge is 0.242 e. The molecule has 0 spiro atoms. The first kappa shape index (κ1) is 17.3. The van der Waals surface area contributed by atoms with Gasteiger partial charge in [0.05, 0.1) is 5.25 Å². The number of nitrogens with two attached hydrogens (primary N) is 1. The summed E-state index contributed by atoms with van der Waals surface area (Å²) in [6.45, 7) is 2.02. The molecule has 1 aromatic carbocycles. The number of benzene rings is 1. The van der Waals surface area contributed by atoms with Gasteiger partial charge in [-0.15, -0.1) is 11.8 Å². The number of carbonyl (C=O) groups excluding carboxylic acids is 2. The third-order valence-corrected chi connectivity index (χ3v) is 5.99. The van der Waals surface area contributed by atoms with Crippen molar-refractivity contribution in [2.24, 2.45) is 5.73 Å². The predicted molar refractivity (Wildman–Crippen MR) is 97.7 cm³/mol. The van der Waals surface area contributed by atoms with Crippen LogP contribution in [-0.4, -0.2) is 28.6 Å². The standard InChI is InChI=1S/C18H25N3O2S/c1-12-6-5-9-14(10-12)21-17(23)15(11-16(19)22)24-18(21)20-13-7-3-2-4-8-13/h5-6,9-10,13,15,18,20H,2-4,7-8,11H2,1H3,(H2,19,22). The number of primary amides is 1. The topological polar surface area (TPSA) is 75.4 Å². The number of anilines is 1. The molecule has 1 aromatic rings. The van der Waals surface area contributed by atoms with E-state index in [2.05, 4.69) is 5.32 Å². The number of carbonyl (C=O) groups is 2. The Bertz CT molecular complexity index is 616. The van der Waals surface area contributed by atoms with E-state index in [-0.39, 0.29) is 17.8 Å². The molecule has 1 saturated heterocycles. The van der Waals surface area contributed by atoms with Gasteiger partial charge in [0.15, 0.2) is 0 Å². The van der Waals surface area contributed by atoms with Gasteiger partial charge in [0.25, 0.3) is 0 Å². The Morgan fingerprint density at radius 2 is 2.08 bits per heavy atom. The van der Waals surface area contributed by atoms with Crippen LogP contribution in [0.25, 0.3) is 0 Å². The highest BCUT2D eigenvalue weighted by molar-refractivity contribution is 8.01. The summed E-state index contributed by atoms with van der Waals surface area (Å²) in [6, 6.07) is 8.38. The molecule has 1 heterocycles. The summed E-state index contributed by atoms with van der Waals surface area (Å²) < 4.78 is 0. The maximum Gasteiger partial charge on any atom is 0.242 e. The molecule has 1 aliphatic carbocycles. The summed E-state index contributed by atoms with van der Waals surface area (Å²) in [6.07, 6.45) is 6.15. The lowest BCUT2D eigenvalue weighted by molar-refractivity contribution is -0.122. The highest BCUT2D eigenvalue weighted by Crippen LogP contribution is 2.37. The lowest BCUT2D eigenvalue weighted by Gasteiger charge is -2.31. The first-order valence-electron chi connectivity index (χ1n) is 8.64. The average molecular weight is 347 g/mol. The highest BCUT2D eigenvalue weighted by atomic mass is 32.2. The SMILES string of the molecule is Cc1cccc(N2C(=O)C(CC(N)=O)SC2NC2CCCCC2)c1. The number of amides is 2. The number of rotatable bonds is 5. The van der Waals surface area contributed by atoms with E-state index in [0.717, 1.165) is 24.1 Å². The molecule has 0 bridgehead atoms. The lowest BCUT2D eigenvalue weighted by Crippen LogP contribution is -2.47. The van der Waals surface area contributed by atoms with E-state index < -0.39 is 11.2 Å². The molecular weight excluding hydrogens is 322 g/mol. The number of nitrogens with zero attached hydrogens (tertiary/aromatic N) is 1. The summed E-state index contributed by atoms with van der Waals surface area (Å²) >= 11 is 1.51. The summed E-state index contributed by atoms with van der Waals surface area (Å²) in [5.41, 5.74) is 7.19. The van der Waals surface area contributed by atoms with E-state index in [1.165, 1.54) is 31.0 Å². The summed E-state index contributed by atoms with van der Waals surface area (Å²) in [4.78, 5) is 26.0. The largest absolute Gasteiger partial charge is 0.370 e. The molecule has 2 amide bonds. The minimum Gasteiger partial charge on any atom is -0.370 e. The van der Waals surface area contributed by atoms with Gasteiger partial charge in [0, 0.05) is 18.2 Å². The first-order chi connectivity index (χ1) is 11.5. The summed E-state index contributed by atoms with van der Waals surface area (Å²) in [5, 5.41) is 3.24. The van der Waals surface area contributed by atoms with Crippen LogP contribution in [0, 0.1) is 6.92 Å². The molecule has 0 radical (unpaired) electrons. The fourth-order valence-electron chi connectivity index (χ4n) is 3.49. The molecule has 24 heavy (non-hydrogen) atoms. The Kier molecular flexibility index (Phi) is 5.46. The van der Waals surface area contributed by atoms with Gasteiger partial charge in [0.1, 0.15) is 5.50 Å². The van der Waals surface area contributed by atoms with Gasteiger partial charge in [-0.2, -0.15) is 0 Å². The van der Waals surface area contributed by atoms with Crippen LogP contribution >= 0.6 is 11.8 Å². The number of thioether (sulfide) groups is 1. The third-order valence-electron chi connectivity index (χ3n) is 4.69. The van der Waals surface area contributed by atoms with Crippen LogP contribution < -0.4 is 16.0 Å². The van der Waals surface area contributed by atoms with Gasteiger partial charge in [0.2, 0.25) is 11.8 Å². The van der Waals surface area contributed by atoms with Crippen molar-refractivity contribution in [2.45, 2.75) is 62.2 Å². The van der Waals surface area contributed by atoms with Crippen LogP contribution in [0.4, 0.5) is 5.69 Å². The Morgan fingerprint density at radius 1 is 1.33 bits per heavy atom. The summed E-state index contributed by atoms with van der Waals surface area (Å²) in [5.74, 6) is -0.457. The van der Waals surface area contributed by atoms with Crippen LogP contribution in [0.15, 0.2) is 24.3 Å². The van der Waals surface area contributed by atoms with Gasteiger partial charge in [-0.1, -0.05) is 31.4 Å². The third kappa shape index (κ3) is 3.92. The van der Waals surface area contributed by atoms with Gasteiger partial charge in [-0.25, -0.2) is 0 Å². The van der Waals surface area contributed by atoms with Crippen molar-refractivity contribution in [3.8, 4) is 0 Å². The zero-order chi connectivity index (χ0) is 17.1. The predicted octanol–water partition coefficient (Wildman–Crippen LogP) is 2.52. The number of hydrogen-bond acceptors (Lipinski definition) is 4. The van der Waals surface area contributed by atoms with Crippen molar-refractivity contribution in [3.05, 3.63) is 29.8 Å². The van der Waals surface area contributed by atoms with Crippen LogP contribution in [0.3, 0.4) is 0 Å². The van der Waals surface area contributed by atoms with E-state index in [0.29, 0.717) is 6.04 Å². The zero-order valence-electron chi connectivity index (χ0n) is 14.0. The molecular formula is C18H25N3O2S. The van der Waals surface area contributed by atoms with Gasteiger partial charge in [-0.3, -0.25) is 19.8 Å². The molecule has 3 N–H and O–H groups in total. The Labute approximate surface area is 147 Å². The van der Waals surface area contributed by atoms with Gasteiger partial charge < -0.3 is 5.73 Å². The monoisotopic (exact) mass is 347 g/mol. The second kappa shape index (κ2) is 7.57. The van der Waals surface area contributed by atoms with Crippen LogP contribution in [0.1, 0.15) is 44.1 Å². The molecule has 5 nitrogen and oxygen atoms in total. The minimum absolute atomic E-state index is 0.0299. The lowest BCUT2D eigenvalue weighted by atomic mass is 9.96. The molecule has 130 valence electrons. The molecule has 2 aliphatic rings. The van der Waals surface area contributed by atoms with E-state index in [9.17, 15) is 9.59 Å². The fourth-order valence-corrected chi connectivity index (χ4v) is 4.91. The highest BCUT2D eigenvalue weighted by Gasteiger charge is 2.42. The second-order valence-corrected chi connectivity index (χ2v) is 7.98. The second-order valence-electron chi connectivity index (χ2n) is 6.70. The molecule has 0 aromatic heterocycles. The number of nitrogens with one attached hydrogen (secondary N) is 1. The van der Waals surface area contributed by atoms with E-state index in [4.69, 9.17) is 5.73 Å². The Morgan fingerprint density at radius 3 is 2.75 bits per heavy atom. The molecule has 2 fully saturated rings. The van der Waals surface area contributed by atoms with E-state index >= 15 is 0 Å². The number of aryl methyl sites for hydroxylation is 1. The fraction of sp³-hybridized carbons (Fsp3) is 0.556. The van der Waals surface area contributed by atoms with Crippen molar-refractivity contribution in [3.63, 3.8) is 0 Å². The minimum atomic E-state index is -0.427. The number of hydrogen-bond donors (Lipinski definition) is 2. The molecule has 2 atom stereocenters. The van der Waals surface area contributed by atoms with Crippen molar-refractivity contribution >= 4 is 29.3 Å². The quantitative estimate of drug-likeness (QED) is 0.858. The Hall–Kier alpha value is -1.53. The van der Waals surface area contributed by atoms with Crippen molar-refractivity contribution < 1.29 is 9.59 Å². The van der Waals surface area contributed by atoms with Gasteiger partial charge >= 0.3 is 0 Å². The molecule has 3 rings (SSSR count). The maximum atomic E-state index is 12.9. The van der Waals surface area contributed by atoms with Crippen molar-refractivity contribution in [2.75, 3.05) is 4.90 Å². The first-order valence-corrected chi connectivity index (χ1v) is 9.58. The van der Waals surface area contributed by atoms with Gasteiger partial charge in [-0.05, 0) is 37.5 Å². The summed E-state index contributed by atoms with van der Waals surface area (Å²) in [7, 11) is 0. The van der Waals surface area contributed by atoms with Crippen LogP contribution in [-0.2, 0) is 9.59 Å². The average Bonchev–Trinajstić information content (AvgIpc) is 2.83. The zero-order valence-corrected chi connectivity index (χ0v) is 14.8. The van der Waals surface area contributed by atoms with Crippen molar-refractivity contribution in [1.29, 1.82) is 0 Å². The Balaban J connectivity index is 1.82. The van der Waals surface area contributed by atoms with E-state index in [1.807, 2.05) is 31.2 Å². The van der Waals surface area contributed by atoms with Crippen LogP contribution in [0.5, 0.6) is 0 Å². The molecule has 6 heteroatoms. The molecule has 2 unspecified atom stereocenters. The van der Waals surface area contributed by atoms with Crippen LogP contribution in [0.2, 0.25) is 0 Å². The molecule has 1 saturated carbocycles.